The summed E-state index contributed by atoms with van der Waals surface area (Å²) in [4.78, 5) is 30.7. The van der Waals surface area contributed by atoms with E-state index in [1.165, 1.54) is 0 Å². The van der Waals surface area contributed by atoms with Gasteiger partial charge in [-0.25, -0.2) is 9.78 Å². The third kappa shape index (κ3) is 3.92. The molecule has 0 aliphatic heterocycles. The highest BCUT2D eigenvalue weighted by atomic mass is 35.5. The number of carbonyl (C=O) groups is 2. The van der Waals surface area contributed by atoms with Crippen molar-refractivity contribution in [3.8, 4) is 11.3 Å². The zero-order chi connectivity index (χ0) is 23.0. The van der Waals surface area contributed by atoms with E-state index in [9.17, 15) is 9.59 Å². The van der Waals surface area contributed by atoms with Crippen LogP contribution in [0.1, 0.15) is 37.7 Å². The van der Waals surface area contributed by atoms with Crippen LogP contribution in [0.4, 0.5) is 0 Å². The van der Waals surface area contributed by atoms with E-state index >= 15 is 0 Å². The molecule has 0 spiro atoms. The number of benzene rings is 2. The first-order valence-corrected chi connectivity index (χ1v) is 10.6. The smallest absolute Gasteiger partial charge is 0.339 e. The summed E-state index contributed by atoms with van der Waals surface area (Å²) >= 11 is 6.18. The number of fused-ring (bicyclic) bond motifs is 1. The van der Waals surface area contributed by atoms with E-state index in [1.54, 1.807) is 6.07 Å². The monoisotopic (exact) mass is 446 g/mol. The molecule has 162 valence electrons. The number of Topliss-reactive ketones (excluding diaryl/α,β-unsaturated/α-hetero) is 1. The van der Waals surface area contributed by atoms with Gasteiger partial charge < -0.3 is 9.30 Å². The molecule has 0 saturated heterocycles. The second-order valence-corrected chi connectivity index (χ2v) is 8.27. The van der Waals surface area contributed by atoms with Gasteiger partial charge in [0.1, 0.15) is 0 Å². The lowest BCUT2D eigenvalue weighted by atomic mass is 9.98. The summed E-state index contributed by atoms with van der Waals surface area (Å²) < 4.78 is 7.44. The Morgan fingerprint density at radius 3 is 2.47 bits per heavy atom. The standard InChI is InChI=1S/C26H23ClN2O3/c1-15-12-21(17(3)29(15)4)23(30)14-32-26(31)24-16(2)25(18-8-7-9-19(27)13-18)28-22-11-6-5-10-20(22)24/h5-13H,14H2,1-4H3. The van der Waals surface area contributed by atoms with Crippen LogP contribution in [-0.2, 0) is 11.8 Å². The van der Waals surface area contributed by atoms with Crippen LogP contribution in [-0.4, -0.2) is 27.9 Å². The van der Waals surface area contributed by atoms with Crippen LogP contribution in [0.15, 0.2) is 54.6 Å². The van der Waals surface area contributed by atoms with Crippen molar-refractivity contribution in [1.82, 2.24) is 9.55 Å². The SMILES string of the molecule is Cc1c(-c2cccc(Cl)c2)nc2ccccc2c1C(=O)OCC(=O)c1cc(C)n(C)c1C. The summed E-state index contributed by atoms with van der Waals surface area (Å²) in [6.45, 7) is 5.31. The predicted molar refractivity (Wildman–Crippen MR) is 126 cm³/mol. The first-order chi connectivity index (χ1) is 15.3. The van der Waals surface area contributed by atoms with Crippen molar-refractivity contribution >= 4 is 34.3 Å². The number of ketones is 1. The Kier molecular flexibility index (Phi) is 5.85. The molecular formula is C26H23ClN2O3. The van der Waals surface area contributed by atoms with E-state index < -0.39 is 5.97 Å². The molecule has 0 radical (unpaired) electrons. The molecule has 0 saturated carbocycles. The number of esters is 1. The number of para-hydroxylation sites is 1. The summed E-state index contributed by atoms with van der Waals surface area (Å²) in [7, 11) is 1.90. The van der Waals surface area contributed by atoms with Gasteiger partial charge >= 0.3 is 5.97 Å². The molecule has 32 heavy (non-hydrogen) atoms. The summed E-state index contributed by atoms with van der Waals surface area (Å²) in [6.07, 6.45) is 0. The minimum atomic E-state index is -0.553. The lowest BCUT2D eigenvalue weighted by Gasteiger charge is -2.14. The van der Waals surface area contributed by atoms with E-state index in [0.29, 0.717) is 38.3 Å². The first kappa shape index (κ1) is 21.8. The van der Waals surface area contributed by atoms with Gasteiger partial charge in [0, 0.05) is 40.0 Å². The Bertz CT molecular complexity index is 1370. The minimum absolute atomic E-state index is 0.231. The Morgan fingerprint density at radius 1 is 1.03 bits per heavy atom. The number of pyridine rings is 1. The number of aryl methyl sites for hydroxylation is 1. The number of nitrogens with zero attached hydrogens (tertiary/aromatic N) is 2. The van der Waals surface area contributed by atoms with Gasteiger partial charge in [-0.3, -0.25) is 4.79 Å². The van der Waals surface area contributed by atoms with Gasteiger partial charge in [-0.05, 0) is 50.6 Å². The van der Waals surface area contributed by atoms with E-state index in [-0.39, 0.29) is 12.4 Å². The van der Waals surface area contributed by atoms with Gasteiger partial charge in [-0.2, -0.15) is 0 Å². The minimum Gasteiger partial charge on any atom is -0.454 e. The van der Waals surface area contributed by atoms with E-state index in [0.717, 1.165) is 17.0 Å². The van der Waals surface area contributed by atoms with Crippen LogP contribution in [0.2, 0.25) is 5.02 Å². The van der Waals surface area contributed by atoms with Crippen molar-refractivity contribution in [2.45, 2.75) is 20.8 Å². The number of carbonyl (C=O) groups excluding carboxylic acids is 2. The molecule has 0 aliphatic rings. The Hall–Kier alpha value is -3.44. The van der Waals surface area contributed by atoms with Gasteiger partial charge in [0.15, 0.2) is 6.61 Å². The number of ether oxygens (including phenoxy) is 1. The number of halogens is 1. The Labute approximate surface area is 191 Å². The molecule has 2 aromatic carbocycles. The first-order valence-electron chi connectivity index (χ1n) is 10.3. The maximum atomic E-state index is 13.2. The molecule has 0 fully saturated rings. The molecule has 0 N–H and O–H groups in total. The highest BCUT2D eigenvalue weighted by Gasteiger charge is 2.22. The van der Waals surface area contributed by atoms with Crippen molar-refractivity contribution in [2.24, 2.45) is 7.05 Å². The van der Waals surface area contributed by atoms with Crippen LogP contribution < -0.4 is 0 Å². The molecule has 0 bridgehead atoms. The van der Waals surface area contributed by atoms with Crippen LogP contribution in [0, 0.1) is 20.8 Å². The fourth-order valence-electron chi connectivity index (χ4n) is 3.91. The fraction of sp³-hybridized carbons (Fsp3) is 0.192. The molecular weight excluding hydrogens is 424 g/mol. The molecule has 2 heterocycles. The second kappa shape index (κ2) is 8.60. The maximum absolute atomic E-state index is 13.2. The van der Waals surface area contributed by atoms with Crippen LogP contribution in [0.5, 0.6) is 0 Å². The summed E-state index contributed by atoms with van der Waals surface area (Å²) in [5.41, 5.74) is 5.58. The third-order valence-electron chi connectivity index (χ3n) is 5.85. The molecule has 5 nitrogen and oxygen atoms in total. The zero-order valence-corrected chi connectivity index (χ0v) is 19.2. The van der Waals surface area contributed by atoms with Crippen molar-refractivity contribution in [3.63, 3.8) is 0 Å². The summed E-state index contributed by atoms with van der Waals surface area (Å²) in [6, 6.07) is 16.5. The third-order valence-corrected chi connectivity index (χ3v) is 6.08. The highest BCUT2D eigenvalue weighted by molar-refractivity contribution is 6.30. The maximum Gasteiger partial charge on any atom is 0.339 e. The highest BCUT2D eigenvalue weighted by Crippen LogP contribution is 2.31. The van der Waals surface area contributed by atoms with E-state index in [4.69, 9.17) is 21.3 Å². The molecule has 2 aromatic heterocycles. The van der Waals surface area contributed by atoms with Crippen LogP contribution >= 0.6 is 11.6 Å². The van der Waals surface area contributed by atoms with Gasteiger partial charge in [0.05, 0.1) is 16.8 Å². The van der Waals surface area contributed by atoms with Crippen molar-refractivity contribution in [1.29, 1.82) is 0 Å². The number of hydrogen-bond donors (Lipinski definition) is 0. The Balaban J connectivity index is 1.71. The van der Waals surface area contributed by atoms with E-state index in [2.05, 4.69) is 0 Å². The fourth-order valence-corrected chi connectivity index (χ4v) is 4.10. The van der Waals surface area contributed by atoms with Crippen LogP contribution in [0.25, 0.3) is 22.2 Å². The summed E-state index contributed by atoms with van der Waals surface area (Å²) in [5, 5.41) is 1.26. The Morgan fingerprint density at radius 2 is 1.78 bits per heavy atom. The van der Waals surface area contributed by atoms with Crippen molar-refractivity contribution in [2.75, 3.05) is 6.61 Å². The average molecular weight is 447 g/mol. The molecule has 0 unspecified atom stereocenters. The van der Waals surface area contributed by atoms with E-state index in [1.807, 2.05) is 80.9 Å². The molecule has 0 atom stereocenters. The van der Waals surface area contributed by atoms with Gasteiger partial charge in [-0.15, -0.1) is 0 Å². The summed E-state index contributed by atoms with van der Waals surface area (Å²) in [5.74, 6) is -0.784. The molecule has 4 rings (SSSR count). The number of aromatic nitrogens is 2. The quantitative estimate of drug-likeness (QED) is 0.284. The topological polar surface area (TPSA) is 61.2 Å². The van der Waals surface area contributed by atoms with Crippen molar-refractivity contribution < 1.29 is 14.3 Å². The molecule has 0 amide bonds. The predicted octanol–water partition coefficient (Wildman–Crippen LogP) is 5.86. The van der Waals surface area contributed by atoms with Gasteiger partial charge in [0.25, 0.3) is 0 Å². The number of rotatable bonds is 5. The van der Waals surface area contributed by atoms with Gasteiger partial charge in [0.2, 0.25) is 5.78 Å². The normalized spacial score (nSPS) is 11.0. The second-order valence-electron chi connectivity index (χ2n) is 7.83. The average Bonchev–Trinajstić information content (AvgIpc) is 3.04. The molecule has 4 aromatic rings. The van der Waals surface area contributed by atoms with Crippen molar-refractivity contribution in [3.05, 3.63) is 87.7 Å². The molecule has 6 heteroatoms. The van der Waals surface area contributed by atoms with Gasteiger partial charge in [-0.1, -0.05) is 41.9 Å². The lowest BCUT2D eigenvalue weighted by Crippen LogP contribution is -2.16. The molecule has 0 aliphatic carbocycles. The largest absolute Gasteiger partial charge is 0.454 e. The lowest BCUT2D eigenvalue weighted by molar-refractivity contribution is 0.0475. The zero-order valence-electron chi connectivity index (χ0n) is 18.4. The van der Waals surface area contributed by atoms with Crippen LogP contribution in [0.3, 0.4) is 0 Å². The number of hydrogen-bond acceptors (Lipinski definition) is 4.